The molecule has 1 atom stereocenters. The minimum atomic E-state index is -1.61. The van der Waals surface area contributed by atoms with Crippen molar-refractivity contribution in [3.8, 4) is 12.1 Å². The van der Waals surface area contributed by atoms with E-state index in [1.807, 2.05) is 6.07 Å². The summed E-state index contributed by atoms with van der Waals surface area (Å²) >= 11 is 18.9. The highest BCUT2D eigenvalue weighted by molar-refractivity contribution is 6.35. The Kier molecular flexibility index (Phi) is 7.90. The molecule has 0 aliphatic rings. The third-order valence-electron chi connectivity index (χ3n) is 4.02. The zero-order valence-corrected chi connectivity index (χ0v) is 18.4. The van der Waals surface area contributed by atoms with Gasteiger partial charge in [-0.15, -0.1) is 5.01 Å². The first kappa shape index (κ1) is 24.0. The number of ether oxygens (including phenoxy) is 1. The predicted octanol–water partition coefficient (Wildman–Crippen LogP) is 5.39. The largest absolute Gasteiger partial charge is 0.448 e. The van der Waals surface area contributed by atoms with Gasteiger partial charge in [-0.1, -0.05) is 59.6 Å². The Morgan fingerprint density at radius 1 is 1.19 bits per heavy atom. The molecular weight excluding hydrogens is 463 g/mol. The lowest BCUT2D eigenvalue weighted by molar-refractivity contribution is -0.124. The number of rotatable bonds is 6. The highest BCUT2D eigenvalue weighted by atomic mass is 35.5. The van der Waals surface area contributed by atoms with Crippen LogP contribution in [0.15, 0.2) is 54.6 Å². The van der Waals surface area contributed by atoms with Crippen LogP contribution >= 0.6 is 34.8 Å². The van der Waals surface area contributed by atoms with Crippen molar-refractivity contribution in [1.82, 2.24) is 5.01 Å². The smallest absolute Gasteiger partial charge is 0.436 e. The summed E-state index contributed by atoms with van der Waals surface area (Å²) < 4.78 is 4.83. The Morgan fingerprint density at radius 3 is 2.35 bits per heavy atom. The van der Waals surface area contributed by atoms with E-state index in [1.54, 1.807) is 37.3 Å². The third-order valence-corrected chi connectivity index (χ3v) is 5.09. The zero-order valence-electron chi connectivity index (χ0n) is 16.2. The Morgan fingerprint density at radius 2 is 1.84 bits per heavy atom. The van der Waals surface area contributed by atoms with Gasteiger partial charge in [-0.2, -0.15) is 10.5 Å². The number of imide groups is 1. The average Bonchev–Trinajstić information content (AvgIpc) is 2.76. The number of amides is 2. The molecule has 0 aromatic heterocycles. The van der Waals surface area contributed by atoms with E-state index in [1.165, 1.54) is 18.2 Å². The van der Waals surface area contributed by atoms with Gasteiger partial charge < -0.3 is 4.74 Å². The molecule has 2 aromatic carbocycles. The van der Waals surface area contributed by atoms with Crippen molar-refractivity contribution in [2.24, 2.45) is 0 Å². The maximum absolute atomic E-state index is 12.3. The molecular formula is C21H15Cl3N4O3. The molecule has 0 saturated heterocycles. The fraction of sp³-hybridized carbons (Fsp3) is 0.143. The Hall–Kier alpha value is -3.23. The van der Waals surface area contributed by atoms with Crippen LogP contribution in [0.25, 0.3) is 0 Å². The second-order valence-electron chi connectivity index (χ2n) is 6.01. The lowest BCUT2D eigenvalue weighted by Crippen LogP contribution is -2.42. The van der Waals surface area contributed by atoms with Crippen molar-refractivity contribution in [1.29, 1.82) is 10.5 Å². The van der Waals surface area contributed by atoms with E-state index < -0.39 is 22.4 Å². The Labute approximate surface area is 193 Å². The molecule has 2 rings (SSSR count). The molecule has 158 valence electrons. The van der Waals surface area contributed by atoms with Gasteiger partial charge in [0.1, 0.15) is 11.6 Å². The monoisotopic (exact) mass is 476 g/mol. The van der Waals surface area contributed by atoms with Crippen LogP contribution < -0.4 is 5.43 Å². The number of benzene rings is 2. The van der Waals surface area contributed by atoms with Crippen molar-refractivity contribution >= 4 is 52.5 Å². The maximum atomic E-state index is 12.3. The number of halogens is 3. The molecule has 0 bridgehead atoms. The summed E-state index contributed by atoms with van der Waals surface area (Å²) in [5, 5.41) is 19.7. The molecule has 0 fully saturated rings. The number of nitriles is 2. The second kappa shape index (κ2) is 10.2. The summed E-state index contributed by atoms with van der Waals surface area (Å²) in [6.07, 6.45) is -1.03. The minimum Gasteiger partial charge on any atom is -0.448 e. The van der Waals surface area contributed by atoms with E-state index in [4.69, 9.17) is 44.8 Å². The third kappa shape index (κ3) is 5.28. The number of hydrazine groups is 1. The number of hydrogen-bond donors (Lipinski definition) is 1. The summed E-state index contributed by atoms with van der Waals surface area (Å²) in [5.41, 5.74) is 2.99. The number of anilines is 1. The molecule has 31 heavy (non-hydrogen) atoms. The van der Waals surface area contributed by atoms with Crippen molar-refractivity contribution in [3.63, 3.8) is 0 Å². The average molecular weight is 478 g/mol. The highest BCUT2D eigenvalue weighted by Crippen LogP contribution is 2.41. The number of nitrogens with one attached hydrogen (secondary N) is 1. The standard InChI is InChI=1S/C21H15Cl3N4O3/c1-3-31-20(30)28(19(29)13(2)11-25)27-16-8-9-17(18(23)10-16)21(24,12-26)14-4-6-15(22)7-5-14/h4-10,27H,2-3H2,1H3. The molecule has 0 radical (unpaired) electrons. The first-order valence-corrected chi connectivity index (χ1v) is 9.84. The van der Waals surface area contributed by atoms with E-state index in [2.05, 4.69) is 12.0 Å². The van der Waals surface area contributed by atoms with Crippen LogP contribution in [0.2, 0.25) is 10.0 Å². The molecule has 10 heteroatoms. The minimum absolute atomic E-state index is 0.00104. The molecule has 1 N–H and O–H groups in total. The summed E-state index contributed by atoms with van der Waals surface area (Å²) in [7, 11) is 0. The molecule has 0 aliphatic carbocycles. The van der Waals surface area contributed by atoms with E-state index in [-0.39, 0.29) is 22.9 Å². The van der Waals surface area contributed by atoms with Gasteiger partial charge in [-0.3, -0.25) is 10.2 Å². The van der Waals surface area contributed by atoms with E-state index in [0.29, 0.717) is 15.6 Å². The van der Waals surface area contributed by atoms with Gasteiger partial charge >= 0.3 is 6.09 Å². The molecule has 0 heterocycles. The van der Waals surface area contributed by atoms with Gasteiger partial charge in [-0.25, -0.2) is 4.79 Å². The van der Waals surface area contributed by atoms with E-state index >= 15 is 0 Å². The van der Waals surface area contributed by atoms with Gasteiger partial charge in [0.15, 0.2) is 4.87 Å². The van der Waals surface area contributed by atoms with Crippen LogP contribution in [-0.4, -0.2) is 23.6 Å². The predicted molar refractivity (Wildman–Crippen MR) is 117 cm³/mol. The van der Waals surface area contributed by atoms with Crippen molar-refractivity contribution in [2.45, 2.75) is 11.8 Å². The zero-order chi connectivity index (χ0) is 23.2. The Balaban J connectivity index is 2.42. The summed E-state index contributed by atoms with van der Waals surface area (Å²) in [4.78, 5) is 22.8. The summed E-state index contributed by atoms with van der Waals surface area (Å²) in [5.74, 6) is -0.994. The number of carbonyl (C=O) groups is 2. The van der Waals surface area contributed by atoms with Crippen LogP contribution in [0.3, 0.4) is 0 Å². The molecule has 7 nitrogen and oxygen atoms in total. The maximum Gasteiger partial charge on any atom is 0.436 e. The topological polar surface area (TPSA) is 106 Å². The lowest BCUT2D eigenvalue weighted by atomic mass is 9.91. The number of alkyl halides is 1. The van der Waals surface area contributed by atoms with Crippen molar-refractivity contribution in [3.05, 3.63) is 75.8 Å². The second-order valence-corrected chi connectivity index (χ2v) is 7.42. The fourth-order valence-corrected chi connectivity index (χ4v) is 3.29. The summed E-state index contributed by atoms with van der Waals surface area (Å²) in [6.45, 7) is 4.86. The molecule has 2 aromatic rings. The quantitative estimate of drug-likeness (QED) is 0.259. The first-order chi connectivity index (χ1) is 14.7. The number of nitrogens with zero attached hydrogens (tertiary/aromatic N) is 3. The lowest BCUT2D eigenvalue weighted by Gasteiger charge is -2.24. The van der Waals surface area contributed by atoms with Crippen LogP contribution in [-0.2, 0) is 14.4 Å². The fourth-order valence-electron chi connectivity index (χ4n) is 2.50. The van der Waals surface area contributed by atoms with Crippen LogP contribution in [0.5, 0.6) is 0 Å². The SMILES string of the molecule is C=C(C#N)C(=O)N(Nc1ccc(C(Cl)(C#N)c2ccc(Cl)cc2)c(Cl)c1)C(=O)OCC. The van der Waals surface area contributed by atoms with Gasteiger partial charge in [0.2, 0.25) is 0 Å². The van der Waals surface area contributed by atoms with Crippen LogP contribution in [0, 0.1) is 22.7 Å². The molecule has 0 spiro atoms. The first-order valence-electron chi connectivity index (χ1n) is 8.71. The highest BCUT2D eigenvalue weighted by Gasteiger charge is 2.34. The summed E-state index contributed by atoms with van der Waals surface area (Å²) in [6, 6.07) is 14.3. The molecule has 0 saturated carbocycles. The van der Waals surface area contributed by atoms with Gasteiger partial charge in [-0.05, 0) is 36.8 Å². The van der Waals surface area contributed by atoms with Gasteiger partial charge in [0.25, 0.3) is 5.91 Å². The van der Waals surface area contributed by atoms with Crippen LogP contribution in [0.1, 0.15) is 18.1 Å². The number of carbonyl (C=O) groups excluding carboxylic acids is 2. The molecule has 0 aliphatic heterocycles. The van der Waals surface area contributed by atoms with Crippen molar-refractivity contribution < 1.29 is 14.3 Å². The van der Waals surface area contributed by atoms with E-state index in [0.717, 1.165) is 0 Å². The normalized spacial score (nSPS) is 11.9. The Bertz CT molecular complexity index is 1110. The number of hydrogen-bond acceptors (Lipinski definition) is 6. The van der Waals surface area contributed by atoms with Crippen LogP contribution in [0.4, 0.5) is 10.5 Å². The molecule has 1 unspecified atom stereocenters. The molecule has 2 amide bonds. The van der Waals surface area contributed by atoms with Gasteiger partial charge in [0, 0.05) is 15.6 Å². The van der Waals surface area contributed by atoms with Crippen molar-refractivity contribution in [2.75, 3.05) is 12.0 Å². The van der Waals surface area contributed by atoms with E-state index in [9.17, 15) is 14.9 Å². The van der Waals surface area contributed by atoms with Gasteiger partial charge in [0.05, 0.1) is 18.4 Å².